The Kier molecular flexibility index (Phi) is 4.98. The number of rotatable bonds is 5. The van der Waals surface area contributed by atoms with Crippen molar-refractivity contribution in [2.75, 3.05) is 13.1 Å². The monoisotopic (exact) mass is 276 g/mol. The normalized spacial score (nSPS) is 17.1. The van der Waals surface area contributed by atoms with Crippen LogP contribution >= 0.6 is 0 Å². The topological polar surface area (TPSA) is 78.4 Å². The fourth-order valence-corrected chi connectivity index (χ4v) is 2.63. The van der Waals surface area contributed by atoms with Crippen LogP contribution in [0.15, 0.2) is 24.3 Å². The third kappa shape index (κ3) is 3.98. The lowest BCUT2D eigenvalue weighted by Gasteiger charge is -2.25. The Balaban J connectivity index is 1.80. The van der Waals surface area contributed by atoms with E-state index in [2.05, 4.69) is 22.8 Å². The first-order chi connectivity index (χ1) is 9.66. The van der Waals surface area contributed by atoms with Gasteiger partial charge in [0, 0.05) is 19.0 Å². The molecule has 0 spiro atoms. The van der Waals surface area contributed by atoms with Gasteiger partial charge >= 0.3 is 12.0 Å². The maximum Gasteiger partial charge on any atom is 0.314 e. The summed E-state index contributed by atoms with van der Waals surface area (Å²) in [6.45, 7) is 0.748. The second-order valence-corrected chi connectivity index (χ2v) is 5.07. The molecular formula is C15H20N2O3. The number of carbonyl (C=O) groups excluding carboxylic acids is 1. The van der Waals surface area contributed by atoms with E-state index in [-0.39, 0.29) is 19.0 Å². The number of carboxylic acid groups (broad SMARTS) is 1. The van der Waals surface area contributed by atoms with Crippen LogP contribution in [0.4, 0.5) is 4.79 Å². The van der Waals surface area contributed by atoms with Crippen molar-refractivity contribution in [1.82, 2.24) is 10.6 Å². The highest BCUT2D eigenvalue weighted by Gasteiger charge is 2.19. The predicted molar refractivity (Wildman–Crippen MR) is 75.8 cm³/mol. The van der Waals surface area contributed by atoms with Crippen LogP contribution < -0.4 is 10.6 Å². The van der Waals surface area contributed by atoms with Gasteiger partial charge in [0.15, 0.2) is 0 Å². The molecule has 0 aliphatic heterocycles. The van der Waals surface area contributed by atoms with Gasteiger partial charge in [0.25, 0.3) is 0 Å². The highest BCUT2D eigenvalue weighted by Crippen LogP contribution is 2.30. The van der Waals surface area contributed by atoms with Gasteiger partial charge in [-0.25, -0.2) is 4.79 Å². The molecule has 0 heterocycles. The van der Waals surface area contributed by atoms with E-state index in [4.69, 9.17) is 5.11 Å². The minimum atomic E-state index is -0.911. The zero-order valence-corrected chi connectivity index (χ0v) is 11.4. The van der Waals surface area contributed by atoms with Crippen LogP contribution in [-0.2, 0) is 11.2 Å². The molecule has 1 aliphatic rings. The summed E-state index contributed by atoms with van der Waals surface area (Å²) >= 11 is 0. The van der Waals surface area contributed by atoms with Crippen LogP contribution in [0.2, 0.25) is 0 Å². The Hall–Kier alpha value is -2.04. The van der Waals surface area contributed by atoms with Crippen LogP contribution in [0.1, 0.15) is 36.3 Å². The van der Waals surface area contributed by atoms with Crippen molar-refractivity contribution < 1.29 is 14.7 Å². The molecule has 0 bridgehead atoms. The summed E-state index contributed by atoms with van der Waals surface area (Å²) in [5.41, 5.74) is 2.70. The molecule has 1 aromatic rings. The predicted octanol–water partition coefficient (Wildman–Crippen LogP) is 1.88. The van der Waals surface area contributed by atoms with Gasteiger partial charge < -0.3 is 15.7 Å². The third-order valence-corrected chi connectivity index (χ3v) is 3.63. The van der Waals surface area contributed by atoms with E-state index in [9.17, 15) is 9.59 Å². The third-order valence-electron chi connectivity index (χ3n) is 3.63. The molecule has 5 heteroatoms. The maximum absolute atomic E-state index is 11.6. The molecular weight excluding hydrogens is 256 g/mol. The summed E-state index contributed by atoms with van der Waals surface area (Å²) in [4.78, 5) is 21.9. The Morgan fingerprint density at radius 3 is 2.85 bits per heavy atom. The molecule has 108 valence electrons. The van der Waals surface area contributed by atoms with Crippen LogP contribution in [0.25, 0.3) is 0 Å². The van der Waals surface area contributed by atoms with E-state index in [0.29, 0.717) is 12.5 Å². The van der Waals surface area contributed by atoms with Gasteiger partial charge in [-0.3, -0.25) is 4.79 Å². The standard InChI is InChI=1S/C15H20N2O3/c18-14(19)8-9-16-15(20)17-10-12-6-3-5-11-4-1-2-7-13(11)12/h1-2,4,7,12H,3,5-6,8-10H2,(H,18,19)(H2,16,17,20). The van der Waals surface area contributed by atoms with Crippen molar-refractivity contribution >= 4 is 12.0 Å². The number of hydrogen-bond donors (Lipinski definition) is 3. The summed E-state index contributed by atoms with van der Waals surface area (Å²) in [7, 11) is 0. The molecule has 0 radical (unpaired) electrons. The molecule has 20 heavy (non-hydrogen) atoms. The van der Waals surface area contributed by atoms with Crippen LogP contribution in [0.5, 0.6) is 0 Å². The minimum Gasteiger partial charge on any atom is -0.481 e. The molecule has 0 aromatic heterocycles. The van der Waals surface area contributed by atoms with Crippen LogP contribution in [-0.4, -0.2) is 30.2 Å². The van der Waals surface area contributed by atoms with E-state index in [1.54, 1.807) is 0 Å². The second-order valence-electron chi connectivity index (χ2n) is 5.07. The lowest BCUT2D eigenvalue weighted by molar-refractivity contribution is -0.136. The maximum atomic E-state index is 11.6. The van der Waals surface area contributed by atoms with E-state index in [1.807, 2.05) is 12.1 Å². The SMILES string of the molecule is O=C(O)CCNC(=O)NCC1CCCc2ccccc21. The van der Waals surface area contributed by atoms with Gasteiger partial charge in [0.1, 0.15) is 0 Å². The number of aryl methyl sites for hydroxylation is 1. The molecule has 3 N–H and O–H groups in total. The fourth-order valence-electron chi connectivity index (χ4n) is 2.63. The molecule has 1 unspecified atom stereocenters. The van der Waals surface area contributed by atoms with Crippen molar-refractivity contribution in [2.24, 2.45) is 0 Å². The minimum absolute atomic E-state index is 0.0559. The zero-order chi connectivity index (χ0) is 14.4. The van der Waals surface area contributed by atoms with Gasteiger partial charge in [0.05, 0.1) is 6.42 Å². The number of carboxylic acids is 1. The lowest BCUT2D eigenvalue weighted by Crippen LogP contribution is -2.39. The Bertz CT molecular complexity index is 488. The number of fused-ring (bicyclic) bond motifs is 1. The first-order valence-corrected chi connectivity index (χ1v) is 6.98. The first-order valence-electron chi connectivity index (χ1n) is 6.98. The smallest absolute Gasteiger partial charge is 0.314 e. The molecule has 0 saturated heterocycles. The van der Waals surface area contributed by atoms with E-state index in [1.165, 1.54) is 11.1 Å². The van der Waals surface area contributed by atoms with Crippen LogP contribution in [0.3, 0.4) is 0 Å². The van der Waals surface area contributed by atoms with Crippen LogP contribution in [0, 0.1) is 0 Å². The molecule has 5 nitrogen and oxygen atoms in total. The van der Waals surface area contributed by atoms with Gasteiger partial charge in [0.2, 0.25) is 0 Å². The summed E-state index contributed by atoms with van der Waals surface area (Å²) in [5, 5.41) is 13.9. The summed E-state index contributed by atoms with van der Waals surface area (Å²) in [5.74, 6) is -0.559. The Morgan fingerprint density at radius 2 is 2.05 bits per heavy atom. The molecule has 1 aromatic carbocycles. The molecule has 1 atom stereocenters. The average Bonchev–Trinajstić information content (AvgIpc) is 2.44. The van der Waals surface area contributed by atoms with Crippen molar-refractivity contribution in [3.05, 3.63) is 35.4 Å². The zero-order valence-electron chi connectivity index (χ0n) is 11.4. The number of nitrogens with one attached hydrogen (secondary N) is 2. The number of benzene rings is 1. The molecule has 2 rings (SSSR count). The number of carbonyl (C=O) groups is 2. The number of amides is 2. The fraction of sp³-hybridized carbons (Fsp3) is 0.467. The largest absolute Gasteiger partial charge is 0.481 e. The highest BCUT2D eigenvalue weighted by atomic mass is 16.4. The van der Waals surface area contributed by atoms with E-state index < -0.39 is 5.97 Å². The van der Waals surface area contributed by atoms with Crippen molar-refractivity contribution in [1.29, 1.82) is 0 Å². The number of hydrogen-bond acceptors (Lipinski definition) is 2. The van der Waals surface area contributed by atoms with Crippen molar-refractivity contribution in [2.45, 2.75) is 31.6 Å². The summed E-state index contributed by atoms with van der Waals surface area (Å²) in [6.07, 6.45) is 3.27. The molecule has 1 aliphatic carbocycles. The van der Waals surface area contributed by atoms with E-state index in [0.717, 1.165) is 19.3 Å². The molecule has 0 saturated carbocycles. The van der Waals surface area contributed by atoms with Gasteiger partial charge in [-0.05, 0) is 30.4 Å². The molecule has 2 amide bonds. The second kappa shape index (κ2) is 6.93. The van der Waals surface area contributed by atoms with Crippen molar-refractivity contribution in [3.8, 4) is 0 Å². The Labute approximate surface area is 118 Å². The summed E-state index contributed by atoms with van der Waals surface area (Å²) < 4.78 is 0. The highest BCUT2D eigenvalue weighted by molar-refractivity contribution is 5.75. The van der Waals surface area contributed by atoms with Gasteiger partial charge in [-0.1, -0.05) is 24.3 Å². The Morgan fingerprint density at radius 1 is 1.25 bits per heavy atom. The quantitative estimate of drug-likeness (QED) is 0.768. The average molecular weight is 276 g/mol. The van der Waals surface area contributed by atoms with Gasteiger partial charge in [-0.15, -0.1) is 0 Å². The first kappa shape index (κ1) is 14.4. The van der Waals surface area contributed by atoms with Gasteiger partial charge in [-0.2, -0.15) is 0 Å². The number of urea groups is 1. The molecule has 0 fully saturated rings. The van der Waals surface area contributed by atoms with E-state index >= 15 is 0 Å². The van der Waals surface area contributed by atoms with Crippen molar-refractivity contribution in [3.63, 3.8) is 0 Å². The summed E-state index contributed by atoms with van der Waals surface area (Å²) in [6, 6.07) is 8.06. The number of aliphatic carboxylic acids is 1. The lowest BCUT2D eigenvalue weighted by atomic mass is 9.83.